The Kier molecular flexibility index (Phi) is 5.82. The highest BCUT2D eigenvalue weighted by Gasteiger charge is 2.47. The van der Waals surface area contributed by atoms with Gasteiger partial charge in [0.1, 0.15) is 17.3 Å². The molecule has 0 aliphatic carbocycles. The fourth-order valence-corrected chi connectivity index (χ4v) is 3.93. The number of ketones is 1. The largest absolute Gasteiger partial charge is 0.507 e. The molecule has 0 spiro atoms. The molecular formula is C24H17Cl2NO5. The maximum Gasteiger partial charge on any atom is 0.300 e. The van der Waals surface area contributed by atoms with Crippen LogP contribution in [0.2, 0.25) is 10.0 Å². The van der Waals surface area contributed by atoms with Gasteiger partial charge in [-0.2, -0.15) is 0 Å². The number of anilines is 1. The van der Waals surface area contributed by atoms with E-state index in [0.717, 1.165) is 0 Å². The van der Waals surface area contributed by atoms with Gasteiger partial charge in [-0.3, -0.25) is 14.5 Å². The summed E-state index contributed by atoms with van der Waals surface area (Å²) in [6.45, 7) is 0. The summed E-state index contributed by atoms with van der Waals surface area (Å²) in [6, 6.07) is 16.2. The molecule has 1 atom stereocenters. The SMILES string of the molecule is COc1ccc(/C(O)=C2/C(=O)C(=O)N(c3ccc(Cl)cc3)C2c2ccc(O)c(Cl)c2)cc1. The summed E-state index contributed by atoms with van der Waals surface area (Å²) < 4.78 is 5.14. The van der Waals surface area contributed by atoms with Crippen LogP contribution in [0.5, 0.6) is 11.5 Å². The summed E-state index contributed by atoms with van der Waals surface area (Å²) in [4.78, 5) is 27.4. The number of aliphatic hydroxyl groups excluding tert-OH is 1. The van der Waals surface area contributed by atoms with E-state index in [1.54, 1.807) is 54.6 Å². The molecule has 0 bridgehead atoms. The van der Waals surface area contributed by atoms with Crippen molar-refractivity contribution in [2.75, 3.05) is 12.0 Å². The zero-order valence-corrected chi connectivity index (χ0v) is 18.3. The lowest BCUT2D eigenvalue weighted by Crippen LogP contribution is -2.29. The van der Waals surface area contributed by atoms with Crippen molar-refractivity contribution in [3.05, 3.63) is 93.5 Å². The minimum absolute atomic E-state index is 0.0497. The Bertz CT molecular complexity index is 1240. The Hall–Kier alpha value is -3.48. The lowest BCUT2D eigenvalue weighted by atomic mass is 9.95. The van der Waals surface area contributed by atoms with Crippen LogP contribution in [0.15, 0.2) is 72.3 Å². The molecule has 0 radical (unpaired) electrons. The van der Waals surface area contributed by atoms with Gasteiger partial charge >= 0.3 is 0 Å². The molecule has 6 nitrogen and oxygen atoms in total. The summed E-state index contributed by atoms with van der Waals surface area (Å²) in [5, 5.41) is 21.4. The molecule has 1 aliphatic heterocycles. The number of phenols is 1. The van der Waals surface area contributed by atoms with Gasteiger partial charge in [-0.25, -0.2) is 0 Å². The van der Waals surface area contributed by atoms with Crippen molar-refractivity contribution in [2.45, 2.75) is 6.04 Å². The average Bonchev–Trinajstić information content (AvgIpc) is 3.06. The van der Waals surface area contributed by atoms with Crippen molar-refractivity contribution in [3.63, 3.8) is 0 Å². The third kappa shape index (κ3) is 3.79. The van der Waals surface area contributed by atoms with E-state index in [1.165, 1.54) is 24.1 Å². The van der Waals surface area contributed by atoms with Crippen LogP contribution in [-0.4, -0.2) is 29.0 Å². The number of aromatic hydroxyl groups is 1. The molecule has 8 heteroatoms. The summed E-state index contributed by atoms with van der Waals surface area (Å²) in [6.07, 6.45) is 0. The number of rotatable bonds is 4. The number of nitrogens with zero attached hydrogens (tertiary/aromatic N) is 1. The van der Waals surface area contributed by atoms with E-state index in [0.29, 0.717) is 27.6 Å². The summed E-state index contributed by atoms with van der Waals surface area (Å²) >= 11 is 12.1. The van der Waals surface area contributed by atoms with E-state index in [4.69, 9.17) is 27.9 Å². The third-order valence-electron chi connectivity index (χ3n) is 5.20. The van der Waals surface area contributed by atoms with Crippen molar-refractivity contribution in [1.29, 1.82) is 0 Å². The van der Waals surface area contributed by atoms with Crippen LogP contribution in [0.1, 0.15) is 17.2 Å². The van der Waals surface area contributed by atoms with Crippen LogP contribution in [0.4, 0.5) is 5.69 Å². The first kappa shape index (κ1) is 21.7. The minimum atomic E-state index is -0.976. The molecule has 1 aliphatic rings. The van der Waals surface area contributed by atoms with Crippen LogP contribution in [0.25, 0.3) is 5.76 Å². The fraction of sp³-hybridized carbons (Fsp3) is 0.0833. The maximum absolute atomic E-state index is 13.1. The number of phenolic OH excluding ortho intramolecular Hbond substituents is 1. The first-order valence-corrected chi connectivity index (χ1v) is 10.3. The van der Waals surface area contributed by atoms with Gasteiger partial charge in [0.05, 0.1) is 23.7 Å². The number of benzene rings is 3. The Morgan fingerprint density at radius 1 is 0.969 bits per heavy atom. The van der Waals surface area contributed by atoms with Gasteiger partial charge in [-0.05, 0) is 66.2 Å². The van der Waals surface area contributed by atoms with E-state index in [1.807, 2.05) is 0 Å². The molecule has 2 N–H and O–H groups in total. The second-order valence-electron chi connectivity index (χ2n) is 7.08. The highest BCUT2D eigenvalue weighted by molar-refractivity contribution is 6.51. The molecule has 1 saturated heterocycles. The first-order chi connectivity index (χ1) is 15.3. The number of aliphatic hydroxyl groups is 1. The molecule has 0 saturated carbocycles. The summed E-state index contributed by atoms with van der Waals surface area (Å²) in [5.74, 6) is -1.56. The molecule has 1 unspecified atom stereocenters. The van der Waals surface area contributed by atoms with E-state index in [2.05, 4.69) is 0 Å². The number of amides is 1. The van der Waals surface area contributed by atoms with Gasteiger partial charge in [-0.1, -0.05) is 29.3 Å². The number of halogens is 2. The standard InChI is InChI=1S/C24H17Cl2NO5/c1-32-17-9-2-13(3-10-17)22(29)20-21(14-4-11-19(28)18(26)12-14)27(24(31)23(20)30)16-7-5-15(25)6-8-16/h2-12,21,28-29H,1H3/b22-20-. The van der Waals surface area contributed by atoms with Crippen LogP contribution >= 0.6 is 23.2 Å². The molecule has 1 heterocycles. The number of Topliss-reactive ketones (excluding diaryl/α,β-unsaturated/α-hetero) is 1. The normalized spacial score (nSPS) is 17.6. The van der Waals surface area contributed by atoms with E-state index in [9.17, 15) is 19.8 Å². The number of carbonyl (C=O) groups excluding carboxylic acids is 2. The van der Waals surface area contributed by atoms with Crippen molar-refractivity contribution < 1.29 is 24.5 Å². The highest BCUT2D eigenvalue weighted by atomic mass is 35.5. The molecule has 32 heavy (non-hydrogen) atoms. The van der Waals surface area contributed by atoms with E-state index >= 15 is 0 Å². The lowest BCUT2D eigenvalue weighted by Gasteiger charge is -2.25. The Labute approximate surface area is 193 Å². The smallest absolute Gasteiger partial charge is 0.300 e. The highest BCUT2D eigenvalue weighted by Crippen LogP contribution is 2.43. The molecule has 162 valence electrons. The topological polar surface area (TPSA) is 87.1 Å². The van der Waals surface area contributed by atoms with Gasteiger partial charge in [0.15, 0.2) is 0 Å². The van der Waals surface area contributed by atoms with Crippen LogP contribution in [-0.2, 0) is 9.59 Å². The molecular weight excluding hydrogens is 453 g/mol. The number of carbonyl (C=O) groups is 2. The van der Waals surface area contributed by atoms with E-state index < -0.39 is 17.7 Å². The number of hydrogen-bond donors (Lipinski definition) is 2. The van der Waals surface area contributed by atoms with Gasteiger partial charge < -0.3 is 14.9 Å². The molecule has 0 aromatic heterocycles. The molecule has 3 aromatic carbocycles. The molecule has 3 aromatic rings. The van der Waals surface area contributed by atoms with Crippen LogP contribution < -0.4 is 9.64 Å². The van der Waals surface area contributed by atoms with Gasteiger partial charge in [0, 0.05) is 16.3 Å². The lowest BCUT2D eigenvalue weighted by molar-refractivity contribution is -0.132. The Balaban J connectivity index is 1.93. The first-order valence-electron chi connectivity index (χ1n) is 9.51. The second-order valence-corrected chi connectivity index (χ2v) is 7.93. The second kappa shape index (κ2) is 8.57. The predicted octanol–water partition coefficient (Wildman–Crippen LogP) is 5.33. The molecule has 1 fully saturated rings. The summed E-state index contributed by atoms with van der Waals surface area (Å²) in [5.41, 5.74) is 1.10. The Morgan fingerprint density at radius 2 is 1.62 bits per heavy atom. The van der Waals surface area contributed by atoms with Crippen molar-refractivity contribution >= 4 is 46.3 Å². The summed E-state index contributed by atoms with van der Waals surface area (Å²) in [7, 11) is 1.51. The van der Waals surface area contributed by atoms with Crippen molar-refractivity contribution in [1.82, 2.24) is 0 Å². The van der Waals surface area contributed by atoms with Crippen molar-refractivity contribution in [2.24, 2.45) is 0 Å². The van der Waals surface area contributed by atoms with E-state index in [-0.39, 0.29) is 22.1 Å². The van der Waals surface area contributed by atoms with Gasteiger partial charge in [0.2, 0.25) is 0 Å². The van der Waals surface area contributed by atoms with Gasteiger partial charge in [0.25, 0.3) is 11.7 Å². The fourth-order valence-electron chi connectivity index (χ4n) is 3.61. The number of hydrogen-bond acceptors (Lipinski definition) is 5. The predicted molar refractivity (Wildman–Crippen MR) is 122 cm³/mol. The minimum Gasteiger partial charge on any atom is -0.507 e. The maximum atomic E-state index is 13.1. The monoisotopic (exact) mass is 469 g/mol. The molecule has 4 rings (SSSR count). The molecule has 1 amide bonds. The van der Waals surface area contributed by atoms with Crippen LogP contribution in [0, 0.1) is 0 Å². The van der Waals surface area contributed by atoms with Crippen molar-refractivity contribution in [3.8, 4) is 11.5 Å². The third-order valence-corrected chi connectivity index (χ3v) is 5.75. The average molecular weight is 470 g/mol. The Morgan fingerprint density at radius 3 is 2.22 bits per heavy atom. The quantitative estimate of drug-likeness (QED) is 0.306. The number of ether oxygens (including phenoxy) is 1. The van der Waals surface area contributed by atoms with Gasteiger partial charge in [-0.15, -0.1) is 0 Å². The van der Waals surface area contributed by atoms with Crippen LogP contribution in [0.3, 0.4) is 0 Å². The zero-order valence-electron chi connectivity index (χ0n) is 16.8. The zero-order chi connectivity index (χ0) is 23.0. The number of methoxy groups -OCH3 is 1.